The Bertz CT molecular complexity index is 956. The molecule has 4 rings (SSSR count). The zero-order valence-electron chi connectivity index (χ0n) is 17.8. The van der Waals surface area contributed by atoms with Crippen LogP contribution < -0.4 is 8.92 Å². The van der Waals surface area contributed by atoms with Gasteiger partial charge in [-0.25, -0.2) is 0 Å². The number of alkyl halides is 3. The first-order valence-corrected chi connectivity index (χ1v) is 11.9. The van der Waals surface area contributed by atoms with Crippen molar-refractivity contribution in [2.45, 2.75) is 77.3 Å². The van der Waals surface area contributed by atoms with Crippen molar-refractivity contribution in [2.24, 2.45) is 22.7 Å². The molecule has 1 aromatic carbocycles. The van der Waals surface area contributed by atoms with Gasteiger partial charge in [-0.2, -0.15) is 21.6 Å². The second-order valence-corrected chi connectivity index (χ2v) is 11.9. The van der Waals surface area contributed by atoms with Gasteiger partial charge in [0.2, 0.25) is 0 Å². The average Bonchev–Trinajstić information content (AvgIpc) is 2.58. The van der Waals surface area contributed by atoms with Gasteiger partial charge in [0.15, 0.2) is 0 Å². The van der Waals surface area contributed by atoms with E-state index in [4.69, 9.17) is 4.74 Å². The smallest absolute Gasteiger partial charge is 0.487 e. The highest BCUT2D eigenvalue weighted by Crippen LogP contribution is 2.64. The Kier molecular flexibility index (Phi) is 4.74. The van der Waals surface area contributed by atoms with Crippen LogP contribution in [0.3, 0.4) is 0 Å². The van der Waals surface area contributed by atoms with E-state index in [1.807, 2.05) is 0 Å². The Morgan fingerprint density at radius 2 is 1.77 bits per heavy atom. The van der Waals surface area contributed by atoms with Crippen LogP contribution in [0, 0.1) is 22.7 Å². The summed E-state index contributed by atoms with van der Waals surface area (Å²) in [6, 6.07) is 4.14. The number of ether oxygens (including phenoxy) is 1. The molecule has 1 unspecified atom stereocenters. The van der Waals surface area contributed by atoms with Crippen LogP contribution in [0.1, 0.15) is 65.4 Å². The molecule has 1 aromatic rings. The van der Waals surface area contributed by atoms with Gasteiger partial charge in [-0.05, 0) is 79.5 Å². The van der Waals surface area contributed by atoms with E-state index in [2.05, 4.69) is 31.9 Å². The summed E-state index contributed by atoms with van der Waals surface area (Å²) in [6.45, 7) is 9.15. The van der Waals surface area contributed by atoms with Crippen LogP contribution in [0.25, 0.3) is 0 Å². The Hall–Kier alpha value is -1.44. The molecule has 168 valence electrons. The lowest BCUT2D eigenvalue weighted by atomic mass is 9.44. The third-order valence-corrected chi connectivity index (χ3v) is 9.01. The second kappa shape index (κ2) is 6.53. The maximum absolute atomic E-state index is 12.7. The van der Waals surface area contributed by atoms with Gasteiger partial charge in [0, 0.05) is 5.92 Å². The number of benzene rings is 1. The molecular formula is C22H29F3O4S. The average molecular weight is 447 g/mol. The van der Waals surface area contributed by atoms with E-state index in [9.17, 15) is 21.6 Å². The summed E-state index contributed by atoms with van der Waals surface area (Å²) in [5.41, 5.74) is -4.80. The Morgan fingerprint density at radius 1 is 1.07 bits per heavy atom. The van der Waals surface area contributed by atoms with Crippen molar-refractivity contribution in [3.05, 3.63) is 23.8 Å². The van der Waals surface area contributed by atoms with Crippen molar-refractivity contribution in [3.8, 4) is 11.5 Å². The van der Waals surface area contributed by atoms with Crippen molar-refractivity contribution in [2.75, 3.05) is 0 Å². The van der Waals surface area contributed by atoms with Crippen LogP contribution in [0.15, 0.2) is 18.2 Å². The van der Waals surface area contributed by atoms with Crippen LogP contribution in [-0.4, -0.2) is 19.5 Å². The first-order valence-electron chi connectivity index (χ1n) is 10.5. The quantitative estimate of drug-likeness (QED) is 0.422. The summed E-state index contributed by atoms with van der Waals surface area (Å²) in [5, 5.41) is 0. The number of halogens is 3. The topological polar surface area (TPSA) is 52.6 Å². The molecule has 0 N–H and O–H groups in total. The minimum absolute atomic E-state index is 0.0569. The third-order valence-electron chi connectivity index (χ3n) is 8.03. The first-order chi connectivity index (χ1) is 13.7. The van der Waals surface area contributed by atoms with E-state index in [0.717, 1.165) is 25.7 Å². The maximum atomic E-state index is 12.7. The van der Waals surface area contributed by atoms with E-state index >= 15 is 0 Å². The lowest BCUT2D eigenvalue weighted by Gasteiger charge is -2.63. The second-order valence-electron chi connectivity index (χ2n) is 10.4. The van der Waals surface area contributed by atoms with Gasteiger partial charge in [-0.3, -0.25) is 0 Å². The molecule has 2 aliphatic carbocycles. The number of hydrogen-bond acceptors (Lipinski definition) is 4. The monoisotopic (exact) mass is 446 g/mol. The fourth-order valence-electron chi connectivity index (χ4n) is 6.69. The van der Waals surface area contributed by atoms with Gasteiger partial charge in [-0.1, -0.05) is 27.2 Å². The van der Waals surface area contributed by atoms with Crippen molar-refractivity contribution in [3.63, 3.8) is 0 Å². The van der Waals surface area contributed by atoms with Gasteiger partial charge in [0.1, 0.15) is 17.1 Å². The van der Waals surface area contributed by atoms with Gasteiger partial charge in [0.05, 0.1) is 0 Å². The molecule has 0 spiro atoms. The van der Waals surface area contributed by atoms with Crippen LogP contribution in [0.4, 0.5) is 13.2 Å². The molecule has 2 fully saturated rings. The Morgan fingerprint density at radius 3 is 2.43 bits per heavy atom. The highest BCUT2D eigenvalue weighted by molar-refractivity contribution is 7.88. The molecule has 8 heteroatoms. The molecular weight excluding hydrogens is 417 g/mol. The minimum atomic E-state index is -5.70. The van der Waals surface area contributed by atoms with Gasteiger partial charge in [-0.15, -0.1) is 0 Å². The fourth-order valence-corrected chi connectivity index (χ4v) is 7.14. The summed E-state index contributed by atoms with van der Waals surface area (Å²) in [7, 11) is -5.70. The van der Waals surface area contributed by atoms with Gasteiger partial charge in [0.25, 0.3) is 0 Å². The summed E-state index contributed by atoms with van der Waals surface area (Å²) in [5.74, 6) is 1.01. The van der Waals surface area contributed by atoms with Crippen LogP contribution in [0.2, 0.25) is 0 Å². The lowest BCUT2D eigenvalue weighted by Crippen LogP contribution is -2.61. The zero-order valence-corrected chi connectivity index (χ0v) is 18.6. The first kappa shape index (κ1) is 21.8. The normalized spacial score (nSPS) is 35.4. The molecule has 0 saturated heterocycles. The van der Waals surface area contributed by atoms with Crippen LogP contribution >= 0.6 is 0 Å². The molecule has 4 atom stereocenters. The van der Waals surface area contributed by atoms with E-state index in [-0.39, 0.29) is 28.1 Å². The Balaban J connectivity index is 1.68. The summed E-state index contributed by atoms with van der Waals surface area (Å²) >= 11 is 0. The molecule has 3 aliphatic rings. The molecule has 4 nitrogen and oxygen atoms in total. The largest absolute Gasteiger partial charge is 0.534 e. The molecule has 0 bridgehead atoms. The van der Waals surface area contributed by atoms with Gasteiger partial charge < -0.3 is 8.92 Å². The van der Waals surface area contributed by atoms with Crippen molar-refractivity contribution < 1.29 is 30.5 Å². The zero-order chi connectivity index (χ0) is 22.2. The highest BCUT2D eigenvalue weighted by Gasteiger charge is 2.60. The molecule has 0 aromatic heterocycles. The maximum Gasteiger partial charge on any atom is 0.534 e. The van der Waals surface area contributed by atoms with Crippen molar-refractivity contribution in [1.29, 1.82) is 0 Å². The molecule has 2 saturated carbocycles. The van der Waals surface area contributed by atoms with Gasteiger partial charge >= 0.3 is 15.6 Å². The predicted molar refractivity (Wildman–Crippen MR) is 107 cm³/mol. The molecule has 0 amide bonds. The van der Waals surface area contributed by atoms with E-state index in [0.29, 0.717) is 23.7 Å². The number of hydrogen-bond donors (Lipinski definition) is 0. The summed E-state index contributed by atoms with van der Waals surface area (Å²) in [6.07, 6.45) is 6.10. The van der Waals surface area contributed by atoms with E-state index in [1.165, 1.54) is 24.6 Å². The van der Waals surface area contributed by atoms with E-state index < -0.39 is 15.6 Å². The van der Waals surface area contributed by atoms with Crippen molar-refractivity contribution >= 4 is 10.1 Å². The number of rotatable bonds is 2. The van der Waals surface area contributed by atoms with E-state index in [1.54, 1.807) is 0 Å². The van der Waals surface area contributed by atoms with Crippen molar-refractivity contribution in [1.82, 2.24) is 0 Å². The summed E-state index contributed by atoms with van der Waals surface area (Å²) < 4.78 is 71.7. The molecule has 30 heavy (non-hydrogen) atoms. The summed E-state index contributed by atoms with van der Waals surface area (Å²) in [4.78, 5) is 0. The number of fused-ring (bicyclic) bond motifs is 4. The standard InChI is InChI=1S/C22H29F3O4S/c1-19(2)9-5-10-20(3)17(19)8-11-21(4)18(20)13-14-12-15(6-7-16(14)28-21)29-30(26,27)22(23,24)25/h6-7,12,17-18H,5,8-11,13H2,1-4H3/t17?,18-,20+,21-/m1/s1. The highest BCUT2D eigenvalue weighted by atomic mass is 32.2. The SMILES string of the molecule is CC1(C)CCC[C@@]2(C)C1CC[C@@]1(C)Oc3ccc(OS(=O)(=O)C(F)(F)F)cc3C[C@@H]12. The Labute approximate surface area is 176 Å². The minimum Gasteiger partial charge on any atom is -0.487 e. The van der Waals surface area contributed by atoms with Crippen LogP contribution in [0.5, 0.6) is 11.5 Å². The lowest BCUT2D eigenvalue weighted by molar-refractivity contribution is -0.162. The predicted octanol–water partition coefficient (Wildman–Crippen LogP) is 5.85. The molecule has 1 aliphatic heterocycles. The molecule has 0 radical (unpaired) electrons. The fraction of sp³-hybridized carbons (Fsp3) is 0.727. The van der Waals surface area contributed by atoms with Crippen LogP contribution in [-0.2, 0) is 16.5 Å². The molecule has 1 heterocycles. The third kappa shape index (κ3) is 3.30.